The molecule has 1 heterocycles. The van der Waals surface area contributed by atoms with E-state index in [0.29, 0.717) is 11.8 Å². The van der Waals surface area contributed by atoms with Crippen LogP contribution in [0.5, 0.6) is 0 Å². The number of carbonyl (C=O) groups excluding carboxylic acids is 6. The molecule has 0 spiro atoms. The number of hydrogen-bond donors (Lipinski definition) is 13. The number of carboxylic acid groups (broad SMARTS) is 2. The average Bonchev–Trinajstić information content (AvgIpc) is 1.12. The van der Waals surface area contributed by atoms with Gasteiger partial charge < -0.3 is 124 Å². The largest absolute Gasteiger partial charge is 2.00 e. The van der Waals surface area contributed by atoms with Crippen molar-refractivity contribution in [1.82, 2.24) is 21.2 Å². The number of hydroxylamine groups is 3. The Kier molecular flexibility index (Phi) is 96.8. The topological polar surface area (TPSA) is 535 Å². The normalized spacial score (nSPS) is 12.7. The van der Waals surface area contributed by atoms with Gasteiger partial charge in [0.15, 0.2) is 0 Å². The van der Waals surface area contributed by atoms with Crippen molar-refractivity contribution in [3.8, 4) is 6.26 Å². The van der Waals surface area contributed by atoms with E-state index >= 15 is 0 Å². The van der Waals surface area contributed by atoms with E-state index in [-0.39, 0.29) is 193 Å². The Morgan fingerprint density at radius 1 is 0.492 bits per heavy atom. The molecule has 719 valence electrons. The van der Waals surface area contributed by atoms with E-state index in [1.54, 1.807) is 122 Å². The number of halogens is 1. The zero-order chi connectivity index (χ0) is 94.9. The molecule has 0 saturated carbocycles. The number of aliphatic hydroxyl groups is 4. The van der Waals surface area contributed by atoms with Gasteiger partial charge in [-0.15, -0.1) is 0 Å². The van der Waals surface area contributed by atoms with Gasteiger partial charge in [0, 0.05) is 53.8 Å². The van der Waals surface area contributed by atoms with Crippen molar-refractivity contribution in [3.05, 3.63) is 295 Å². The van der Waals surface area contributed by atoms with Gasteiger partial charge in [-0.05, 0) is 147 Å². The van der Waals surface area contributed by atoms with Crippen LogP contribution in [0.3, 0.4) is 0 Å². The van der Waals surface area contributed by atoms with E-state index in [0.717, 1.165) is 46.6 Å². The van der Waals surface area contributed by atoms with Crippen LogP contribution in [-0.4, -0.2) is 198 Å². The van der Waals surface area contributed by atoms with Crippen molar-refractivity contribution in [3.63, 3.8) is 0 Å². The zero-order valence-corrected chi connectivity index (χ0v) is 88.1. The van der Waals surface area contributed by atoms with Crippen LogP contribution in [0.2, 0.25) is 0 Å². The number of carboxylic acids is 2. The standard InChI is InChI=1S/C11H15NO2.2C10H14N2O2.C10H18O5.C10H14O.C10H12O.C9H13NO.C9H10O2.C8H9NO2.C4H8O.C2H7NO.CHNO.CH4.CH3.B.BrH.K.Mg.Na.H2O.H/c1-9(11(13)12(2)14-3)10-7-5-4-6-8-10;2*1-7(13)9(12-10(11)14)8-5-3-2-4-6-8;1-9(2,3)14-7(11)13-8(12)15-10(4,5)6;2*1-8(9(2)11)10-6-4-3-5-7-10;1-7(11)9(10)8-5-3-2-4-6-8;1-7(9(10)11)8-5-3-2-4-6-8;9-7(8(10)11)6-4-2-1-3-5-6;1-2-4-5-3-1;1-3-4-2;2-1-3;;;;;;;;;/h4-9H,1-3H3;2*2-7,9,13H,1H3,(H3,11,12,14);1-6H3;3-9,11H,1-2H3;3-8H,1-2H3;2-7,9,11H,10H2,1H3;2-7H,1H3,(H,10,11);1-5,7H,9H2,(H,10,11);1-4H2;3H,1-2H3;3H;1H4;1H3;;1H;;;;1H2;/q;;;;;;;;;;;;;-1;;;+1;+2;+1;;-1/p-2/t9-;7?,9-;7-,9-;;;8-;7?,9-;2*7-;;;;;;;;;;;;/m011..1100............/s1. The van der Waals surface area contributed by atoms with Gasteiger partial charge in [-0.1, -0.05) is 264 Å². The minimum absolute atomic E-state index is 0. The van der Waals surface area contributed by atoms with Crippen LogP contribution in [0.4, 0.5) is 19.2 Å². The third-order valence-electron chi connectivity index (χ3n) is 16.9. The van der Waals surface area contributed by atoms with E-state index in [9.17, 15) is 53.7 Å². The van der Waals surface area contributed by atoms with Gasteiger partial charge >= 0.3 is 140 Å². The zero-order valence-electron chi connectivity index (χ0n) is 81.0. The number of nitrogens with one attached hydrogen (secondary N) is 3. The molecule has 12 atom stereocenters. The number of likely N-dealkylation sites (N-methyl/N-ethyl adjacent to an activating group) is 1. The molecule has 5 amide bonds. The number of ether oxygens (including phenoxy) is 4. The number of carbonyl (C=O) groups is 8. The minimum atomic E-state index is -1.06. The third kappa shape index (κ3) is 75.2. The molecule has 31 nitrogen and oxygen atoms in total. The van der Waals surface area contributed by atoms with E-state index in [2.05, 4.69) is 25.7 Å². The molecule has 8 aromatic carbocycles. The minimum Gasteiger partial charge on any atom is -1.00 e. The van der Waals surface area contributed by atoms with Gasteiger partial charge in [-0.25, -0.2) is 35.0 Å². The predicted molar refractivity (Wildman–Crippen MR) is 507 cm³/mol. The van der Waals surface area contributed by atoms with Crippen LogP contribution in [0.25, 0.3) is 0 Å². The smallest absolute Gasteiger partial charge is 1.00 e. The molecule has 1 fully saturated rings. The fourth-order valence-corrected chi connectivity index (χ4v) is 9.61. The predicted octanol–water partition coefficient (Wildman–Crippen LogP) is 4.52. The number of ketones is 1. The molecule has 1 saturated heterocycles. The second-order valence-corrected chi connectivity index (χ2v) is 29.3. The summed E-state index contributed by atoms with van der Waals surface area (Å²) >= 11 is 0. The van der Waals surface area contributed by atoms with Crippen molar-refractivity contribution < 1.29 is 208 Å². The van der Waals surface area contributed by atoms with E-state index in [4.69, 9.17) is 67.7 Å². The third-order valence-corrected chi connectivity index (χ3v) is 16.9. The first-order valence-electron chi connectivity index (χ1n) is 39.7. The van der Waals surface area contributed by atoms with Crippen LogP contribution < -0.4 is 142 Å². The average molecular weight is 1950 g/mol. The Labute approximate surface area is 877 Å². The number of urea groups is 2. The first-order valence-corrected chi connectivity index (χ1v) is 39.7. The van der Waals surface area contributed by atoms with Gasteiger partial charge in [0.05, 0.1) is 68.6 Å². The number of rotatable bonds is 20. The van der Waals surface area contributed by atoms with Crippen molar-refractivity contribution in [2.75, 3.05) is 41.5 Å². The monoisotopic (exact) mass is 1950 g/mol. The van der Waals surface area contributed by atoms with Gasteiger partial charge in [-0.2, -0.15) is 0 Å². The van der Waals surface area contributed by atoms with Crippen LogP contribution in [-0.2, 0) is 47.8 Å². The number of nitrogens with two attached hydrogens (primary N) is 4. The molecule has 0 bridgehead atoms. The van der Waals surface area contributed by atoms with Gasteiger partial charge in [-0.3, -0.25) is 24.0 Å². The summed E-state index contributed by atoms with van der Waals surface area (Å²) in [5.74, 6) is -1.91. The molecule has 8 aromatic rings. The van der Waals surface area contributed by atoms with E-state index in [1.165, 1.54) is 30.6 Å². The number of nitrogens with zero attached hydrogens (tertiary/aromatic N) is 2. The summed E-state index contributed by atoms with van der Waals surface area (Å²) in [5.41, 5.74) is 29.5. The molecule has 19 N–H and O–H groups in total. The second-order valence-electron chi connectivity index (χ2n) is 29.3. The molecule has 9 rings (SSSR count). The number of amides is 5. The second kappa shape index (κ2) is 87.0. The summed E-state index contributed by atoms with van der Waals surface area (Å²) in [7, 11) is 6.37. The molecule has 1 aliphatic heterocycles. The number of Topliss-reactive ketones (excluding diaryl/α,β-unsaturated/α-hetero) is 1. The summed E-state index contributed by atoms with van der Waals surface area (Å²) in [5, 5.41) is 75.7. The van der Waals surface area contributed by atoms with Crippen LogP contribution in [0.15, 0.2) is 243 Å². The summed E-state index contributed by atoms with van der Waals surface area (Å²) in [6.45, 7) is 27.9. The Morgan fingerprint density at radius 3 is 0.962 bits per heavy atom. The van der Waals surface area contributed by atoms with Crippen molar-refractivity contribution in [2.24, 2.45) is 22.9 Å². The summed E-state index contributed by atoms with van der Waals surface area (Å²) in [6.07, 6.45) is -1.17. The maximum atomic E-state index is 11.7. The number of nitriles is 1. The maximum Gasteiger partial charge on any atom is 2.00 e. The Balaban J connectivity index is -0.000000121. The number of benzene rings is 8. The van der Waals surface area contributed by atoms with Gasteiger partial charge in [0.25, 0.3) is 5.91 Å². The SMILES string of the molecule is C.C1CCOC1.CC(=O)[C@@H](C)c1ccccc1.CC(C)(C)OC(=O)OC(=O)OC(C)(C)C.CC(O)C(C)c1ccccc1.CC(O)[C@@H](N)c1ccccc1.CC(O)[C@@H](NC(N)=O)c1ccccc1.CNOC.CON(C)C(=O)[C@@H](C)c1ccccc1.C[C@@H](O)[C@@H](NC(N)=O)c1ccccc1.C[C@H](C(=O)O)c1ccccc1.N#C[O-].N[C@H](C(=O)O)c1ccccc1.O.[B].[Br-].[CH3-].[H-].[K+].[Mg+2].[Na+]. The van der Waals surface area contributed by atoms with Gasteiger partial charge in [0.1, 0.15) is 23.0 Å². The van der Waals surface area contributed by atoms with Crippen LogP contribution >= 0.6 is 0 Å². The van der Waals surface area contributed by atoms with E-state index in [1.807, 2.05) is 246 Å². The Morgan fingerprint density at radius 2 is 0.750 bits per heavy atom. The molecule has 3 radical (unpaired) electrons. The summed E-state index contributed by atoms with van der Waals surface area (Å²) < 4.78 is 18.7. The molecule has 0 aromatic heterocycles. The molecular weight excluding hydrogens is 1810 g/mol. The van der Waals surface area contributed by atoms with Crippen molar-refractivity contribution in [1.29, 1.82) is 5.26 Å². The Hall–Kier alpha value is -8.08. The van der Waals surface area contributed by atoms with Crippen LogP contribution in [0, 0.1) is 18.9 Å². The summed E-state index contributed by atoms with van der Waals surface area (Å²) in [4.78, 5) is 96.0. The number of aliphatic carboxylic acids is 2. The molecular formula is C96H144BBrKMgN9NaO22. The molecule has 1 aliphatic rings. The quantitative estimate of drug-likeness (QED) is 0.0125. The first-order chi connectivity index (χ1) is 58.3. The number of hydrogen-bond acceptors (Lipinski definition) is 23. The fraction of sp³-hybridized carbons (Fsp3) is 0.396. The number of aliphatic hydroxyl groups excluding tert-OH is 4. The molecule has 0 aliphatic carbocycles. The molecule has 132 heavy (non-hydrogen) atoms. The fourth-order valence-electron chi connectivity index (χ4n) is 9.61. The molecule has 36 heteroatoms. The molecule has 4 unspecified atom stereocenters. The van der Waals surface area contributed by atoms with E-state index < -0.39 is 89.9 Å². The maximum absolute atomic E-state index is 11.7. The Bertz CT molecular complexity index is 3920. The van der Waals surface area contributed by atoms with Crippen molar-refractivity contribution in [2.45, 2.75) is 208 Å². The summed E-state index contributed by atoms with van der Waals surface area (Å²) in [6, 6.07) is 72.1. The van der Waals surface area contributed by atoms with Crippen LogP contribution in [0.1, 0.15) is 218 Å². The van der Waals surface area contributed by atoms with Gasteiger partial charge in [0.2, 0.25) is 0 Å². The first kappa shape index (κ1) is 147. The number of primary amides is 2. The van der Waals surface area contributed by atoms with Crippen molar-refractivity contribution >= 4 is 79.5 Å².